The minimum atomic E-state index is -2.35. The molecule has 2 aromatic carbocycles. The second-order valence-corrected chi connectivity index (χ2v) is 22.4. The van der Waals surface area contributed by atoms with Gasteiger partial charge in [-0.05, 0) is 121 Å². The van der Waals surface area contributed by atoms with Gasteiger partial charge in [0, 0.05) is 23.4 Å². The minimum absolute atomic E-state index is 0.00634. The van der Waals surface area contributed by atoms with Crippen LogP contribution in [0.25, 0.3) is 0 Å². The van der Waals surface area contributed by atoms with Crippen LogP contribution < -0.4 is 10.1 Å². The zero-order valence-corrected chi connectivity index (χ0v) is 37.7. The molecule has 10 rings (SSSR count). The molecular formula is C50H56N2O11S2. The number of benzene rings is 2. The number of aliphatic hydroxyl groups excluding tert-OH is 5. The molecule has 7 N–H and O–H groups in total. The summed E-state index contributed by atoms with van der Waals surface area (Å²) in [6.45, 7) is -0.888. The zero-order chi connectivity index (χ0) is 45.4. The van der Waals surface area contributed by atoms with Crippen LogP contribution in [0.15, 0.2) is 84.3 Å². The van der Waals surface area contributed by atoms with Crippen molar-refractivity contribution in [3.8, 4) is 5.75 Å². The third-order valence-electron chi connectivity index (χ3n) is 16.3. The molecule has 3 aromatic rings. The van der Waals surface area contributed by atoms with Crippen molar-refractivity contribution in [3.05, 3.63) is 112 Å². The van der Waals surface area contributed by atoms with E-state index in [2.05, 4.69) is 10.3 Å². The SMILES string of the molecule is O=CC1CC2(CCCC2)CC12CCC1(C2)CC2(O)C(O)C(CO)OC(Oc3cccc4c3C(=O)C3(CSSCNc5cc1ccn5)C(O)=CC(Cc1cccc(CO)c1)=CC3C4=O)C2O. The van der Waals surface area contributed by atoms with Gasteiger partial charge in [0.15, 0.2) is 11.6 Å². The maximum Gasteiger partial charge on any atom is 0.229 e. The number of Topliss-reactive ketones (excluding diaryl/α,β-unsaturated/α-hetero) is 2. The van der Waals surface area contributed by atoms with Crippen LogP contribution in [0.4, 0.5) is 5.82 Å². The highest BCUT2D eigenvalue weighted by Gasteiger charge is 2.65. The lowest BCUT2D eigenvalue weighted by Crippen LogP contribution is -2.69. The Kier molecular flexibility index (Phi) is 11.7. The van der Waals surface area contributed by atoms with Gasteiger partial charge < -0.3 is 50.2 Å². The lowest BCUT2D eigenvalue weighted by atomic mass is 9.60. The second-order valence-electron chi connectivity index (χ2n) is 19.9. The highest BCUT2D eigenvalue weighted by molar-refractivity contribution is 8.76. The van der Waals surface area contributed by atoms with Crippen LogP contribution in [0.2, 0.25) is 0 Å². The molecule has 6 bridgehead atoms. The Morgan fingerprint density at radius 3 is 2.51 bits per heavy atom. The number of rotatable bonds is 5. The van der Waals surface area contributed by atoms with Crippen molar-refractivity contribution in [2.24, 2.45) is 28.1 Å². The number of ether oxygens (including phenoxy) is 2. The first-order valence-electron chi connectivity index (χ1n) is 22.8. The smallest absolute Gasteiger partial charge is 0.229 e. The summed E-state index contributed by atoms with van der Waals surface area (Å²) in [5.41, 5.74) is -2.29. The van der Waals surface area contributed by atoms with E-state index in [0.29, 0.717) is 48.5 Å². The first-order chi connectivity index (χ1) is 31.3. The molecule has 10 atom stereocenters. The lowest BCUT2D eigenvalue weighted by Gasteiger charge is -2.51. The average Bonchev–Trinajstić information content (AvgIpc) is 4.01. The predicted octanol–water partition coefficient (Wildman–Crippen LogP) is 6.16. The fourth-order valence-corrected chi connectivity index (χ4v) is 15.5. The molecule has 15 heteroatoms. The summed E-state index contributed by atoms with van der Waals surface area (Å²) in [7, 11) is 2.72. The number of allylic oxidation sites excluding steroid dienone is 4. The summed E-state index contributed by atoms with van der Waals surface area (Å²) in [6, 6.07) is 15.7. The molecule has 1 saturated heterocycles. The summed E-state index contributed by atoms with van der Waals surface area (Å²) >= 11 is 0. The lowest BCUT2D eigenvalue weighted by molar-refractivity contribution is -0.318. The Morgan fingerprint density at radius 2 is 1.72 bits per heavy atom. The van der Waals surface area contributed by atoms with E-state index < -0.39 is 65.1 Å². The Morgan fingerprint density at radius 1 is 0.923 bits per heavy atom. The molecule has 0 amide bonds. The highest BCUT2D eigenvalue weighted by Crippen LogP contribution is 2.69. The number of aldehydes is 1. The summed E-state index contributed by atoms with van der Waals surface area (Å²) in [5.74, 6) is -1.83. The van der Waals surface area contributed by atoms with Crippen molar-refractivity contribution in [2.75, 3.05) is 23.6 Å². The van der Waals surface area contributed by atoms with E-state index >= 15 is 4.79 Å². The molecule has 65 heavy (non-hydrogen) atoms. The van der Waals surface area contributed by atoms with Gasteiger partial charge in [-0.25, -0.2) is 4.98 Å². The van der Waals surface area contributed by atoms with Crippen molar-refractivity contribution in [1.29, 1.82) is 0 Å². The Labute approximate surface area is 385 Å². The standard InChI is InChI=1S/C50H56N2O11S2/c53-21-30-6-3-5-29(15-30)16-31-17-35-41(57)34-7-4-8-36-40(34)43(59)49(35,38(56)18-31)27-64-65-28-52-39-19-32(9-14-51-39)48(26-50(61)42(58)37(23-55)63-45(62-36)44(50)60)13-12-47(25-48)24-46(10-1-2-11-46)20-33(47)22-54/h3-9,14-15,17-19,22,33,35,37,42,44-45,53,55-56,58,60-61H,1-2,10-13,16,20-21,23-28H2,(H,51,52). The number of fused-ring (bicyclic) bond motifs is 5. The normalized spacial score (nSPS) is 36.3. The number of nitrogens with one attached hydrogen (secondary N) is 1. The van der Waals surface area contributed by atoms with E-state index in [1.807, 2.05) is 30.3 Å². The van der Waals surface area contributed by atoms with E-state index in [9.17, 15) is 40.2 Å². The van der Waals surface area contributed by atoms with E-state index in [0.717, 1.165) is 55.9 Å². The number of carbonyl (C=O) groups is 3. The van der Waals surface area contributed by atoms with Gasteiger partial charge in [0.2, 0.25) is 6.29 Å². The number of aromatic nitrogens is 1. The monoisotopic (exact) mass is 924 g/mol. The molecule has 3 heterocycles. The van der Waals surface area contributed by atoms with Crippen LogP contribution in [0.1, 0.15) is 102 Å². The molecule has 1 aromatic heterocycles. The first kappa shape index (κ1) is 44.8. The van der Waals surface area contributed by atoms with Gasteiger partial charge in [0.1, 0.15) is 52.9 Å². The van der Waals surface area contributed by atoms with Gasteiger partial charge in [-0.1, -0.05) is 76.9 Å². The van der Waals surface area contributed by atoms with E-state index in [-0.39, 0.29) is 58.2 Å². The van der Waals surface area contributed by atoms with Gasteiger partial charge in [0.25, 0.3) is 0 Å². The molecule has 4 spiro atoms. The van der Waals surface area contributed by atoms with Crippen molar-refractivity contribution in [1.82, 2.24) is 4.98 Å². The largest absolute Gasteiger partial charge is 0.511 e. The Bertz CT molecular complexity index is 2460. The number of nitrogens with zero attached hydrogens (tertiary/aromatic N) is 1. The predicted molar refractivity (Wildman–Crippen MR) is 244 cm³/mol. The van der Waals surface area contributed by atoms with Crippen molar-refractivity contribution < 1.29 is 54.5 Å². The van der Waals surface area contributed by atoms with Crippen LogP contribution in [-0.4, -0.2) is 102 Å². The number of anilines is 1. The second kappa shape index (κ2) is 16.9. The molecule has 7 aliphatic rings. The third-order valence-corrected chi connectivity index (χ3v) is 18.5. The van der Waals surface area contributed by atoms with Gasteiger partial charge in [-0.15, -0.1) is 0 Å². The van der Waals surface area contributed by atoms with Crippen LogP contribution in [0.3, 0.4) is 0 Å². The number of pyridine rings is 1. The number of carbonyl (C=O) groups excluding carboxylic acids is 3. The summed E-state index contributed by atoms with van der Waals surface area (Å²) in [4.78, 5) is 47.7. The quantitative estimate of drug-likeness (QED) is 0.113. The van der Waals surface area contributed by atoms with E-state index in [4.69, 9.17) is 9.47 Å². The maximum atomic E-state index is 15.3. The number of hydrogen-bond donors (Lipinski definition) is 7. The van der Waals surface area contributed by atoms with Gasteiger partial charge in [-0.2, -0.15) is 0 Å². The Balaban J connectivity index is 1.06. The minimum Gasteiger partial charge on any atom is -0.511 e. The van der Waals surface area contributed by atoms with Gasteiger partial charge in [-0.3, -0.25) is 9.59 Å². The molecule has 13 nitrogen and oxygen atoms in total. The van der Waals surface area contributed by atoms with Crippen LogP contribution in [0, 0.1) is 28.1 Å². The van der Waals surface area contributed by atoms with Crippen LogP contribution in [-0.2, 0) is 28.0 Å². The topological polar surface area (TPSA) is 216 Å². The van der Waals surface area contributed by atoms with Crippen molar-refractivity contribution in [3.63, 3.8) is 0 Å². The van der Waals surface area contributed by atoms with Crippen LogP contribution >= 0.6 is 21.6 Å². The highest BCUT2D eigenvalue weighted by atomic mass is 33.1. The fourth-order valence-electron chi connectivity index (χ4n) is 13.2. The summed E-state index contributed by atoms with van der Waals surface area (Å²) in [6.07, 6.45) is 7.28. The molecule has 2 aliphatic heterocycles. The fraction of sp³-hybridized carbons (Fsp3) is 0.520. The van der Waals surface area contributed by atoms with Gasteiger partial charge in [0.05, 0.1) is 30.6 Å². The molecule has 0 radical (unpaired) electrons. The molecule has 5 aliphatic carbocycles. The van der Waals surface area contributed by atoms with E-state index in [1.54, 1.807) is 24.4 Å². The molecule has 10 unspecified atom stereocenters. The zero-order valence-electron chi connectivity index (χ0n) is 36.1. The maximum absolute atomic E-state index is 15.3. The average molecular weight is 925 g/mol. The molecule has 4 fully saturated rings. The molecular weight excluding hydrogens is 869 g/mol. The Hall–Kier alpha value is -4.06. The van der Waals surface area contributed by atoms with E-state index in [1.165, 1.54) is 39.8 Å². The number of aliphatic hydroxyl groups is 6. The van der Waals surface area contributed by atoms with Crippen molar-refractivity contribution >= 4 is 45.3 Å². The molecule has 344 valence electrons. The van der Waals surface area contributed by atoms with Crippen LogP contribution in [0.5, 0.6) is 5.75 Å². The first-order valence-corrected chi connectivity index (χ1v) is 25.2. The van der Waals surface area contributed by atoms with Crippen molar-refractivity contribution in [2.45, 2.75) is 113 Å². The van der Waals surface area contributed by atoms with Gasteiger partial charge >= 0.3 is 0 Å². The molecule has 3 saturated carbocycles. The number of ketones is 2. The summed E-state index contributed by atoms with van der Waals surface area (Å²) in [5, 5.41) is 73.3. The summed E-state index contributed by atoms with van der Waals surface area (Å²) < 4.78 is 12.5. The number of hydrogen-bond acceptors (Lipinski definition) is 15. The third kappa shape index (κ3) is 7.31.